The topological polar surface area (TPSA) is 26.1 Å². The lowest BCUT2D eigenvalue weighted by atomic mass is 10.0. The third-order valence-electron chi connectivity index (χ3n) is 2.35. The van der Waals surface area contributed by atoms with Crippen LogP contribution in [0.1, 0.15) is 11.1 Å². The van der Waals surface area contributed by atoms with Gasteiger partial charge in [-0.1, -0.05) is 12.1 Å². The molecule has 1 aliphatic heterocycles. The van der Waals surface area contributed by atoms with Crippen LogP contribution in [0.2, 0.25) is 0 Å². The van der Waals surface area contributed by atoms with Crippen LogP contribution < -0.4 is 0 Å². The van der Waals surface area contributed by atoms with Gasteiger partial charge < -0.3 is 5.21 Å². The third-order valence-corrected chi connectivity index (χ3v) is 2.35. The zero-order valence-electron chi connectivity index (χ0n) is 8.16. The predicted octanol–water partition coefficient (Wildman–Crippen LogP) is 2.68. The summed E-state index contributed by atoms with van der Waals surface area (Å²) < 4.78 is 37.6. The van der Waals surface area contributed by atoms with Gasteiger partial charge in [-0.2, -0.15) is 13.2 Å². The first-order valence-corrected chi connectivity index (χ1v) is 4.62. The lowest BCUT2D eigenvalue weighted by Crippen LogP contribution is -2.05. The van der Waals surface area contributed by atoms with Crippen LogP contribution in [-0.2, 0) is 6.18 Å². The van der Waals surface area contributed by atoms with E-state index in [0.29, 0.717) is 5.56 Å². The molecule has 1 aliphatic rings. The Morgan fingerprint density at radius 2 is 1.75 bits per heavy atom. The van der Waals surface area contributed by atoms with Gasteiger partial charge in [0, 0.05) is 11.6 Å². The number of hydrogen-bond acceptors (Lipinski definition) is 1. The van der Waals surface area contributed by atoms with Crippen LogP contribution in [0.3, 0.4) is 0 Å². The highest BCUT2D eigenvalue weighted by Gasteiger charge is 2.30. The molecule has 0 unspecified atom stereocenters. The van der Waals surface area contributed by atoms with E-state index in [-0.39, 0.29) is 6.54 Å². The molecule has 2 nitrogen and oxygen atoms in total. The minimum absolute atomic E-state index is 0.186. The highest BCUT2D eigenvalue weighted by molar-refractivity contribution is 5.85. The van der Waals surface area contributed by atoms with Crippen molar-refractivity contribution < 1.29 is 17.9 Å². The molecule has 0 aromatic heterocycles. The number of benzene rings is 1. The Morgan fingerprint density at radius 3 is 2.19 bits per heavy atom. The first-order chi connectivity index (χ1) is 7.47. The van der Waals surface area contributed by atoms with Gasteiger partial charge in [0.1, 0.15) is 0 Å². The van der Waals surface area contributed by atoms with E-state index in [9.17, 15) is 18.4 Å². The fraction of sp³-hybridized carbons (Fsp3) is 0.182. The van der Waals surface area contributed by atoms with E-state index in [1.165, 1.54) is 18.3 Å². The first-order valence-electron chi connectivity index (χ1n) is 4.62. The van der Waals surface area contributed by atoms with Gasteiger partial charge in [0.2, 0.25) is 0 Å². The van der Waals surface area contributed by atoms with Crippen molar-refractivity contribution in [1.82, 2.24) is 0 Å². The van der Waals surface area contributed by atoms with Crippen LogP contribution >= 0.6 is 0 Å². The van der Waals surface area contributed by atoms with Gasteiger partial charge in [0.15, 0.2) is 12.8 Å². The van der Waals surface area contributed by atoms with Crippen molar-refractivity contribution in [1.29, 1.82) is 0 Å². The molecule has 0 saturated heterocycles. The Bertz CT molecular complexity index is 457. The summed E-state index contributed by atoms with van der Waals surface area (Å²) in [5, 5.41) is 10.9. The van der Waals surface area contributed by atoms with E-state index in [2.05, 4.69) is 0 Å². The van der Waals surface area contributed by atoms with Gasteiger partial charge in [0.05, 0.1) is 5.56 Å². The van der Waals surface area contributed by atoms with E-state index < -0.39 is 11.7 Å². The first kappa shape index (κ1) is 10.7. The summed E-state index contributed by atoms with van der Waals surface area (Å²) in [6.45, 7) is 0.186. The second-order valence-electron chi connectivity index (χ2n) is 3.49. The summed E-state index contributed by atoms with van der Waals surface area (Å²) in [5.74, 6) is 0. The van der Waals surface area contributed by atoms with Crippen LogP contribution in [0.15, 0.2) is 30.3 Å². The second kappa shape index (κ2) is 3.66. The lowest BCUT2D eigenvalue weighted by molar-refractivity contribution is -0.433. The molecule has 0 fully saturated rings. The molecule has 0 atom stereocenters. The van der Waals surface area contributed by atoms with Crippen molar-refractivity contribution in [3.05, 3.63) is 46.7 Å². The predicted molar refractivity (Wildman–Crippen MR) is 54.0 cm³/mol. The summed E-state index contributed by atoms with van der Waals surface area (Å²) >= 11 is 0. The monoisotopic (exact) mass is 227 g/mol. The molecular formula is C11H8F3NO. The summed E-state index contributed by atoms with van der Waals surface area (Å²) in [4.78, 5) is 0. The SMILES string of the molecule is [O-][N+]1=CC=C(c2ccc(C(F)(F)F)cc2)C1. The van der Waals surface area contributed by atoms with Crippen molar-refractivity contribution in [3.63, 3.8) is 0 Å². The highest BCUT2D eigenvalue weighted by Crippen LogP contribution is 2.30. The number of nitrogens with zero attached hydrogens (tertiary/aromatic N) is 1. The molecule has 1 aromatic carbocycles. The van der Waals surface area contributed by atoms with Gasteiger partial charge in [-0.25, -0.2) is 4.74 Å². The largest absolute Gasteiger partial charge is 0.624 e. The number of hydroxylamine groups is 1. The van der Waals surface area contributed by atoms with Crippen LogP contribution in [0.4, 0.5) is 13.2 Å². The molecule has 0 saturated carbocycles. The average Bonchev–Trinajstić information content (AvgIpc) is 2.64. The quantitative estimate of drug-likeness (QED) is 0.535. The van der Waals surface area contributed by atoms with Crippen molar-refractivity contribution in [3.8, 4) is 0 Å². The Labute approximate surface area is 89.9 Å². The summed E-state index contributed by atoms with van der Waals surface area (Å²) in [5.41, 5.74) is 0.684. The van der Waals surface area contributed by atoms with E-state index >= 15 is 0 Å². The second-order valence-corrected chi connectivity index (χ2v) is 3.49. The van der Waals surface area contributed by atoms with Crippen molar-refractivity contribution in [2.45, 2.75) is 6.18 Å². The number of allylic oxidation sites excluding steroid dienone is 1. The molecule has 84 valence electrons. The lowest BCUT2D eigenvalue weighted by Gasteiger charge is -2.07. The molecule has 5 heteroatoms. The fourth-order valence-corrected chi connectivity index (χ4v) is 1.51. The van der Waals surface area contributed by atoms with Crippen LogP contribution in [0.5, 0.6) is 0 Å². The zero-order chi connectivity index (χ0) is 11.8. The Balaban J connectivity index is 2.21. The van der Waals surface area contributed by atoms with E-state index in [4.69, 9.17) is 0 Å². The van der Waals surface area contributed by atoms with Gasteiger partial charge >= 0.3 is 6.18 Å². The molecule has 0 aliphatic carbocycles. The molecule has 0 spiro atoms. The van der Waals surface area contributed by atoms with Crippen molar-refractivity contribution >= 4 is 11.8 Å². The smallest absolute Gasteiger partial charge is 0.416 e. The average molecular weight is 227 g/mol. The number of rotatable bonds is 1. The number of halogens is 3. The molecule has 2 rings (SSSR count). The summed E-state index contributed by atoms with van der Waals surface area (Å²) in [6, 6.07) is 4.79. The van der Waals surface area contributed by atoms with Crippen molar-refractivity contribution in [2.24, 2.45) is 0 Å². The molecule has 1 aromatic rings. The fourth-order valence-electron chi connectivity index (χ4n) is 1.51. The molecule has 0 radical (unpaired) electrons. The normalized spacial score (nSPS) is 15.9. The Hall–Kier alpha value is -1.78. The molecule has 1 heterocycles. The van der Waals surface area contributed by atoms with Gasteiger partial charge in [-0.15, -0.1) is 0 Å². The van der Waals surface area contributed by atoms with E-state index in [0.717, 1.165) is 22.4 Å². The Kier molecular flexibility index (Phi) is 2.46. The maximum atomic E-state index is 12.3. The highest BCUT2D eigenvalue weighted by atomic mass is 19.4. The maximum absolute atomic E-state index is 12.3. The van der Waals surface area contributed by atoms with Crippen LogP contribution in [0, 0.1) is 5.21 Å². The van der Waals surface area contributed by atoms with Gasteiger partial charge in [-0.05, 0) is 17.7 Å². The standard InChI is InChI=1S/C11H8F3NO/c12-11(13,14)10-3-1-8(2-4-10)9-5-6-15(16)7-9/h1-6H,7H2. The number of hydrogen-bond donors (Lipinski definition) is 0. The molecule has 16 heavy (non-hydrogen) atoms. The third kappa shape index (κ3) is 2.08. The molecular weight excluding hydrogens is 219 g/mol. The summed E-state index contributed by atoms with van der Waals surface area (Å²) in [7, 11) is 0. The van der Waals surface area contributed by atoms with Crippen molar-refractivity contribution in [2.75, 3.05) is 6.54 Å². The van der Waals surface area contributed by atoms with Crippen LogP contribution in [0.25, 0.3) is 5.57 Å². The Morgan fingerprint density at radius 1 is 1.12 bits per heavy atom. The maximum Gasteiger partial charge on any atom is 0.416 e. The van der Waals surface area contributed by atoms with Gasteiger partial charge in [-0.3, -0.25) is 0 Å². The molecule has 0 bridgehead atoms. The summed E-state index contributed by atoms with van der Waals surface area (Å²) in [6.07, 6.45) is -1.36. The van der Waals surface area contributed by atoms with Crippen LogP contribution in [-0.4, -0.2) is 17.5 Å². The minimum atomic E-state index is -4.32. The molecule has 0 amide bonds. The van der Waals surface area contributed by atoms with E-state index in [1.807, 2.05) is 0 Å². The minimum Gasteiger partial charge on any atom is -0.624 e. The van der Waals surface area contributed by atoms with Gasteiger partial charge in [0.25, 0.3) is 0 Å². The zero-order valence-corrected chi connectivity index (χ0v) is 8.16. The number of alkyl halides is 3. The van der Waals surface area contributed by atoms with E-state index in [1.54, 1.807) is 6.08 Å². The molecule has 0 N–H and O–H groups in total.